The quantitative estimate of drug-likeness (QED) is 0.689. The molecule has 1 heterocycles. The lowest BCUT2D eigenvalue weighted by Gasteiger charge is -2.08. The molecule has 1 fully saturated rings. The van der Waals surface area contributed by atoms with Crippen LogP contribution < -0.4 is 0 Å². The van der Waals surface area contributed by atoms with Crippen LogP contribution >= 0.6 is 0 Å². The summed E-state index contributed by atoms with van der Waals surface area (Å²) >= 11 is 0. The molecule has 1 aliphatic heterocycles. The molecule has 1 rings (SSSR count). The van der Waals surface area contributed by atoms with Gasteiger partial charge in [0.2, 0.25) is 0 Å². The van der Waals surface area contributed by atoms with Gasteiger partial charge < -0.3 is 4.74 Å². The van der Waals surface area contributed by atoms with Crippen molar-refractivity contribution in [2.45, 2.75) is 25.4 Å². The Morgan fingerprint density at radius 2 is 2.15 bits per heavy atom. The van der Waals surface area contributed by atoms with Crippen LogP contribution in [0.3, 0.4) is 0 Å². The van der Waals surface area contributed by atoms with E-state index in [9.17, 15) is 18.0 Å². The smallest absolute Gasteiger partial charge is 0.381 e. The molecule has 0 spiro atoms. The summed E-state index contributed by atoms with van der Waals surface area (Å²) in [5.41, 5.74) is 0. The lowest BCUT2D eigenvalue weighted by molar-refractivity contribution is -0.144. The van der Waals surface area contributed by atoms with E-state index in [1.807, 2.05) is 0 Å². The SMILES string of the molecule is O=C(CCC(F)(F)F)C1CCOC1. The van der Waals surface area contributed by atoms with Gasteiger partial charge in [-0.3, -0.25) is 4.79 Å². The van der Waals surface area contributed by atoms with Gasteiger partial charge in [0.15, 0.2) is 0 Å². The van der Waals surface area contributed by atoms with Crippen LogP contribution in [0.1, 0.15) is 19.3 Å². The lowest BCUT2D eigenvalue weighted by atomic mass is 10.00. The standard InChI is InChI=1S/C8H11F3O2/c9-8(10,11)3-1-7(12)6-2-4-13-5-6/h6H,1-5H2. The fourth-order valence-corrected chi connectivity index (χ4v) is 1.26. The van der Waals surface area contributed by atoms with Crippen LogP contribution in [0.5, 0.6) is 0 Å². The Labute approximate surface area is 74.1 Å². The Balaban J connectivity index is 2.25. The highest BCUT2D eigenvalue weighted by molar-refractivity contribution is 5.81. The van der Waals surface area contributed by atoms with Gasteiger partial charge in [-0.2, -0.15) is 13.2 Å². The van der Waals surface area contributed by atoms with Crippen LogP contribution in [-0.2, 0) is 9.53 Å². The van der Waals surface area contributed by atoms with Crippen molar-refractivity contribution < 1.29 is 22.7 Å². The second kappa shape index (κ2) is 4.09. The average Bonchev–Trinajstić information content (AvgIpc) is 2.50. The zero-order valence-electron chi connectivity index (χ0n) is 7.06. The molecule has 1 aliphatic rings. The van der Waals surface area contributed by atoms with E-state index in [0.29, 0.717) is 13.0 Å². The van der Waals surface area contributed by atoms with E-state index < -0.39 is 19.0 Å². The predicted octanol–water partition coefficient (Wildman–Crippen LogP) is 1.93. The van der Waals surface area contributed by atoms with E-state index >= 15 is 0 Å². The number of hydrogen-bond acceptors (Lipinski definition) is 2. The molecule has 0 aromatic rings. The molecule has 0 aromatic carbocycles. The molecule has 76 valence electrons. The molecule has 0 aromatic heterocycles. The van der Waals surface area contributed by atoms with Gasteiger partial charge in [0, 0.05) is 18.9 Å². The summed E-state index contributed by atoms with van der Waals surface area (Å²) in [4.78, 5) is 11.1. The molecule has 1 saturated heterocycles. The van der Waals surface area contributed by atoms with E-state index in [0.717, 1.165) is 0 Å². The molecule has 0 aliphatic carbocycles. The zero-order valence-corrected chi connectivity index (χ0v) is 7.06. The topological polar surface area (TPSA) is 26.3 Å². The summed E-state index contributed by atoms with van der Waals surface area (Å²) < 4.78 is 40.1. The summed E-state index contributed by atoms with van der Waals surface area (Å²) in [7, 11) is 0. The third-order valence-corrected chi connectivity index (χ3v) is 2.04. The molecule has 1 unspecified atom stereocenters. The maximum absolute atomic E-state index is 11.7. The predicted molar refractivity (Wildman–Crippen MR) is 39.2 cm³/mol. The summed E-state index contributed by atoms with van der Waals surface area (Å²) in [5, 5.41) is 0. The third-order valence-electron chi connectivity index (χ3n) is 2.04. The maximum atomic E-state index is 11.7. The van der Waals surface area contributed by atoms with Crippen molar-refractivity contribution in [3.8, 4) is 0 Å². The van der Waals surface area contributed by atoms with Crippen LogP contribution in [0.4, 0.5) is 13.2 Å². The summed E-state index contributed by atoms with van der Waals surface area (Å²) in [5.74, 6) is -0.628. The Morgan fingerprint density at radius 3 is 2.62 bits per heavy atom. The highest BCUT2D eigenvalue weighted by Gasteiger charge is 2.31. The molecule has 0 amide bonds. The first-order chi connectivity index (χ1) is 5.99. The lowest BCUT2D eigenvalue weighted by Crippen LogP contribution is -2.18. The number of halogens is 3. The summed E-state index contributed by atoms with van der Waals surface area (Å²) in [6, 6.07) is 0. The van der Waals surface area contributed by atoms with Gasteiger partial charge in [0.05, 0.1) is 13.0 Å². The first-order valence-corrected chi connectivity index (χ1v) is 4.16. The molecule has 13 heavy (non-hydrogen) atoms. The van der Waals surface area contributed by atoms with Crippen molar-refractivity contribution in [3.05, 3.63) is 0 Å². The van der Waals surface area contributed by atoms with Gasteiger partial charge in [-0.05, 0) is 6.42 Å². The number of Topliss-reactive ketones (excluding diaryl/α,β-unsaturated/α-hetero) is 1. The summed E-state index contributed by atoms with van der Waals surface area (Å²) in [6.45, 7) is 0.777. The molecule has 0 bridgehead atoms. The van der Waals surface area contributed by atoms with E-state index in [2.05, 4.69) is 0 Å². The monoisotopic (exact) mass is 196 g/mol. The molecule has 0 N–H and O–H groups in total. The van der Waals surface area contributed by atoms with Crippen LogP contribution in [0.15, 0.2) is 0 Å². The Kier molecular flexibility index (Phi) is 3.30. The van der Waals surface area contributed by atoms with Crippen LogP contribution in [0, 0.1) is 5.92 Å². The number of hydrogen-bond donors (Lipinski definition) is 0. The van der Waals surface area contributed by atoms with E-state index in [-0.39, 0.29) is 18.3 Å². The first kappa shape index (κ1) is 10.5. The number of ketones is 1. The van der Waals surface area contributed by atoms with Gasteiger partial charge >= 0.3 is 6.18 Å². The van der Waals surface area contributed by atoms with Crippen molar-refractivity contribution in [1.82, 2.24) is 0 Å². The zero-order chi connectivity index (χ0) is 9.90. The Bertz CT molecular complexity index is 182. The van der Waals surface area contributed by atoms with Gasteiger partial charge in [-0.25, -0.2) is 0 Å². The number of rotatable bonds is 3. The summed E-state index contributed by atoms with van der Waals surface area (Å²) in [6.07, 6.45) is -5.08. The number of ether oxygens (including phenoxy) is 1. The minimum absolute atomic E-state index is 0.288. The van der Waals surface area contributed by atoms with Crippen molar-refractivity contribution in [2.75, 3.05) is 13.2 Å². The van der Waals surface area contributed by atoms with Crippen LogP contribution in [0.25, 0.3) is 0 Å². The highest BCUT2D eigenvalue weighted by Crippen LogP contribution is 2.24. The number of alkyl halides is 3. The largest absolute Gasteiger partial charge is 0.389 e. The molecule has 5 heteroatoms. The minimum Gasteiger partial charge on any atom is -0.381 e. The van der Waals surface area contributed by atoms with Crippen molar-refractivity contribution in [1.29, 1.82) is 0 Å². The molecule has 1 atom stereocenters. The van der Waals surface area contributed by atoms with Crippen LogP contribution in [-0.4, -0.2) is 25.2 Å². The van der Waals surface area contributed by atoms with E-state index in [4.69, 9.17) is 4.74 Å². The van der Waals surface area contributed by atoms with E-state index in [1.165, 1.54) is 0 Å². The van der Waals surface area contributed by atoms with E-state index in [1.54, 1.807) is 0 Å². The number of carbonyl (C=O) groups excluding carboxylic acids is 1. The van der Waals surface area contributed by atoms with Gasteiger partial charge in [0.25, 0.3) is 0 Å². The molecule has 2 nitrogen and oxygen atoms in total. The van der Waals surface area contributed by atoms with Crippen molar-refractivity contribution in [3.63, 3.8) is 0 Å². The Morgan fingerprint density at radius 1 is 1.46 bits per heavy atom. The normalized spacial score (nSPS) is 23.5. The average molecular weight is 196 g/mol. The van der Waals surface area contributed by atoms with Crippen molar-refractivity contribution in [2.24, 2.45) is 5.92 Å². The second-order valence-corrected chi connectivity index (χ2v) is 3.14. The fraction of sp³-hybridized carbons (Fsp3) is 0.875. The van der Waals surface area contributed by atoms with Gasteiger partial charge in [0.1, 0.15) is 5.78 Å². The molecule has 0 saturated carbocycles. The third kappa shape index (κ3) is 3.76. The first-order valence-electron chi connectivity index (χ1n) is 4.16. The molecular weight excluding hydrogens is 185 g/mol. The minimum atomic E-state index is -4.23. The number of carbonyl (C=O) groups is 1. The van der Waals surface area contributed by atoms with Crippen LogP contribution in [0.2, 0.25) is 0 Å². The van der Waals surface area contributed by atoms with Gasteiger partial charge in [-0.15, -0.1) is 0 Å². The highest BCUT2D eigenvalue weighted by atomic mass is 19.4. The fourth-order valence-electron chi connectivity index (χ4n) is 1.26. The maximum Gasteiger partial charge on any atom is 0.389 e. The van der Waals surface area contributed by atoms with Gasteiger partial charge in [-0.1, -0.05) is 0 Å². The Hall–Kier alpha value is -0.580. The second-order valence-electron chi connectivity index (χ2n) is 3.14. The molecular formula is C8H11F3O2. The van der Waals surface area contributed by atoms with Crippen molar-refractivity contribution >= 4 is 5.78 Å². The molecule has 0 radical (unpaired) electrons.